The summed E-state index contributed by atoms with van der Waals surface area (Å²) in [6.45, 7) is 0. The van der Waals surface area contributed by atoms with Crippen LogP contribution in [-0.2, 0) is 5.75 Å². The molecule has 3 rings (SSSR count). The zero-order chi connectivity index (χ0) is 13.1. The molecule has 0 aliphatic rings. The standard InChI is InChI=1S/C11H8ClN5OS/c12-8-3-1-7(2-4-8)10-15-9(17-18-10)5-19-11-13-6-14-16-11/h1-4,6H,5H2,(H,13,14,16). The number of thioether (sulfide) groups is 1. The average molecular weight is 294 g/mol. The van der Waals surface area contributed by atoms with Crippen LogP contribution in [0.1, 0.15) is 5.82 Å². The Morgan fingerprint density at radius 1 is 1.26 bits per heavy atom. The molecule has 0 amide bonds. The quantitative estimate of drug-likeness (QED) is 0.745. The van der Waals surface area contributed by atoms with Gasteiger partial charge < -0.3 is 4.52 Å². The molecule has 1 aromatic carbocycles. The van der Waals surface area contributed by atoms with Gasteiger partial charge in [0.05, 0.1) is 5.75 Å². The van der Waals surface area contributed by atoms with Crippen molar-refractivity contribution in [2.75, 3.05) is 0 Å². The van der Waals surface area contributed by atoms with E-state index in [9.17, 15) is 0 Å². The molecule has 0 unspecified atom stereocenters. The summed E-state index contributed by atoms with van der Waals surface area (Å²) in [5.41, 5.74) is 0.841. The fourth-order valence-electron chi connectivity index (χ4n) is 1.42. The van der Waals surface area contributed by atoms with E-state index in [2.05, 4.69) is 25.3 Å². The van der Waals surface area contributed by atoms with Crippen LogP contribution >= 0.6 is 23.4 Å². The van der Waals surface area contributed by atoms with E-state index in [1.54, 1.807) is 12.1 Å². The summed E-state index contributed by atoms with van der Waals surface area (Å²) >= 11 is 7.28. The van der Waals surface area contributed by atoms with E-state index in [1.165, 1.54) is 18.1 Å². The molecule has 8 heteroatoms. The minimum Gasteiger partial charge on any atom is -0.334 e. The Hall–Kier alpha value is -1.86. The lowest BCUT2D eigenvalue weighted by Gasteiger charge is -1.93. The molecule has 6 nitrogen and oxygen atoms in total. The molecule has 0 saturated heterocycles. The number of nitrogens with zero attached hydrogens (tertiary/aromatic N) is 4. The van der Waals surface area contributed by atoms with Gasteiger partial charge in [-0.15, -0.1) is 0 Å². The third-order valence-corrected chi connectivity index (χ3v) is 3.41. The number of nitrogens with one attached hydrogen (secondary N) is 1. The molecule has 19 heavy (non-hydrogen) atoms. The molecule has 0 fully saturated rings. The zero-order valence-corrected chi connectivity index (χ0v) is 11.1. The van der Waals surface area contributed by atoms with Crippen molar-refractivity contribution in [1.29, 1.82) is 0 Å². The van der Waals surface area contributed by atoms with Crippen LogP contribution in [0.15, 0.2) is 40.3 Å². The molecule has 0 spiro atoms. The molecule has 0 aliphatic heterocycles. The van der Waals surface area contributed by atoms with Gasteiger partial charge in [0.1, 0.15) is 6.33 Å². The molecule has 3 aromatic rings. The van der Waals surface area contributed by atoms with E-state index in [1.807, 2.05) is 12.1 Å². The fourth-order valence-corrected chi connectivity index (χ4v) is 2.17. The van der Waals surface area contributed by atoms with E-state index in [4.69, 9.17) is 16.1 Å². The van der Waals surface area contributed by atoms with Crippen LogP contribution < -0.4 is 0 Å². The third-order valence-electron chi connectivity index (χ3n) is 2.29. The number of halogens is 1. The molecule has 0 atom stereocenters. The summed E-state index contributed by atoms with van der Waals surface area (Å²) in [5.74, 6) is 1.64. The van der Waals surface area contributed by atoms with E-state index in [0.29, 0.717) is 22.5 Å². The van der Waals surface area contributed by atoms with Crippen molar-refractivity contribution < 1.29 is 4.52 Å². The first-order valence-electron chi connectivity index (χ1n) is 5.38. The van der Waals surface area contributed by atoms with Gasteiger partial charge in [-0.3, -0.25) is 5.10 Å². The summed E-state index contributed by atoms with van der Waals surface area (Å²) in [6.07, 6.45) is 1.46. The van der Waals surface area contributed by atoms with Crippen LogP contribution in [0.2, 0.25) is 5.02 Å². The van der Waals surface area contributed by atoms with E-state index < -0.39 is 0 Å². The van der Waals surface area contributed by atoms with Crippen molar-refractivity contribution in [3.05, 3.63) is 41.4 Å². The Kier molecular flexibility index (Phi) is 3.47. The van der Waals surface area contributed by atoms with Gasteiger partial charge in [-0.2, -0.15) is 10.1 Å². The van der Waals surface area contributed by atoms with Gasteiger partial charge in [-0.05, 0) is 24.3 Å². The second-order valence-corrected chi connectivity index (χ2v) is 5.00. The number of rotatable bonds is 4. The van der Waals surface area contributed by atoms with Crippen LogP contribution in [0.3, 0.4) is 0 Å². The number of aromatic nitrogens is 5. The Morgan fingerprint density at radius 3 is 2.84 bits per heavy atom. The molecular formula is C11H8ClN5OS. The molecule has 0 aliphatic carbocycles. The molecule has 96 valence electrons. The van der Waals surface area contributed by atoms with E-state index in [0.717, 1.165) is 10.7 Å². The first kappa shape index (κ1) is 12.2. The van der Waals surface area contributed by atoms with Crippen LogP contribution in [0.4, 0.5) is 0 Å². The summed E-state index contributed by atoms with van der Waals surface area (Å²) in [6, 6.07) is 7.24. The summed E-state index contributed by atoms with van der Waals surface area (Å²) < 4.78 is 5.20. The van der Waals surface area contributed by atoms with Gasteiger partial charge in [0, 0.05) is 10.6 Å². The average Bonchev–Trinajstić information content (AvgIpc) is 3.09. The van der Waals surface area contributed by atoms with Crippen LogP contribution in [0, 0.1) is 0 Å². The molecule has 0 bridgehead atoms. The second-order valence-electron chi connectivity index (χ2n) is 3.60. The van der Waals surface area contributed by atoms with Crippen molar-refractivity contribution in [3.63, 3.8) is 0 Å². The highest BCUT2D eigenvalue weighted by molar-refractivity contribution is 7.98. The SMILES string of the molecule is Clc1ccc(-c2nc(CSc3ncn[nH]3)no2)cc1. The predicted molar refractivity (Wildman–Crippen MR) is 70.7 cm³/mol. The smallest absolute Gasteiger partial charge is 0.257 e. The largest absolute Gasteiger partial charge is 0.334 e. The number of H-pyrrole nitrogens is 1. The van der Waals surface area contributed by atoms with E-state index in [-0.39, 0.29) is 0 Å². The topological polar surface area (TPSA) is 80.5 Å². The van der Waals surface area contributed by atoms with Crippen molar-refractivity contribution in [1.82, 2.24) is 25.3 Å². The maximum atomic E-state index is 5.82. The lowest BCUT2D eigenvalue weighted by molar-refractivity contribution is 0.425. The number of hydrogen-bond donors (Lipinski definition) is 1. The molecule has 2 heterocycles. The van der Waals surface area contributed by atoms with Gasteiger partial charge in [0.25, 0.3) is 5.89 Å². The zero-order valence-electron chi connectivity index (χ0n) is 9.58. The highest BCUT2D eigenvalue weighted by Crippen LogP contribution is 2.22. The van der Waals surface area contributed by atoms with E-state index >= 15 is 0 Å². The number of aromatic amines is 1. The second kappa shape index (κ2) is 5.41. The molecule has 0 saturated carbocycles. The van der Waals surface area contributed by atoms with Crippen molar-refractivity contribution in [2.24, 2.45) is 0 Å². The van der Waals surface area contributed by atoms with Crippen molar-refractivity contribution >= 4 is 23.4 Å². The predicted octanol–water partition coefficient (Wildman–Crippen LogP) is 2.80. The van der Waals surface area contributed by atoms with Crippen molar-refractivity contribution in [3.8, 4) is 11.5 Å². The maximum Gasteiger partial charge on any atom is 0.257 e. The van der Waals surface area contributed by atoms with Crippen molar-refractivity contribution in [2.45, 2.75) is 10.9 Å². The monoisotopic (exact) mass is 293 g/mol. The fraction of sp³-hybridized carbons (Fsp3) is 0.0909. The summed E-state index contributed by atoms with van der Waals surface area (Å²) in [4.78, 5) is 8.31. The molecular weight excluding hydrogens is 286 g/mol. The number of hydrogen-bond acceptors (Lipinski definition) is 6. The molecule has 0 radical (unpaired) electrons. The van der Waals surface area contributed by atoms with Gasteiger partial charge in [-0.25, -0.2) is 4.98 Å². The van der Waals surface area contributed by atoms with Crippen LogP contribution in [-0.4, -0.2) is 25.3 Å². The van der Waals surface area contributed by atoms with Gasteiger partial charge in [0.15, 0.2) is 11.0 Å². The molecule has 1 N–H and O–H groups in total. The Bertz CT molecular complexity index is 652. The maximum absolute atomic E-state index is 5.82. The normalized spacial score (nSPS) is 10.8. The first-order valence-corrected chi connectivity index (χ1v) is 6.74. The van der Waals surface area contributed by atoms with Crippen LogP contribution in [0.25, 0.3) is 11.5 Å². The first-order chi connectivity index (χ1) is 9.31. The van der Waals surface area contributed by atoms with Gasteiger partial charge in [-0.1, -0.05) is 28.5 Å². The highest BCUT2D eigenvalue weighted by atomic mass is 35.5. The van der Waals surface area contributed by atoms with Crippen LogP contribution in [0.5, 0.6) is 0 Å². The summed E-state index contributed by atoms with van der Waals surface area (Å²) in [5, 5.41) is 11.8. The minimum absolute atomic E-state index is 0.477. The lowest BCUT2D eigenvalue weighted by atomic mass is 10.2. The van der Waals surface area contributed by atoms with Gasteiger partial charge in [0.2, 0.25) is 0 Å². The van der Waals surface area contributed by atoms with Gasteiger partial charge >= 0.3 is 0 Å². The lowest BCUT2D eigenvalue weighted by Crippen LogP contribution is -1.85. The third kappa shape index (κ3) is 2.94. The Balaban J connectivity index is 1.70. The summed E-state index contributed by atoms with van der Waals surface area (Å²) in [7, 11) is 0. The minimum atomic E-state index is 0.477. The number of benzene rings is 1. The Labute approximate surface area is 117 Å². The molecule has 2 aromatic heterocycles. The Morgan fingerprint density at radius 2 is 2.11 bits per heavy atom. The highest BCUT2D eigenvalue weighted by Gasteiger charge is 2.09.